The number of benzene rings is 2. The van der Waals surface area contributed by atoms with E-state index in [-0.39, 0.29) is 24.7 Å². The summed E-state index contributed by atoms with van der Waals surface area (Å²) in [6.07, 6.45) is 1.62. The SMILES string of the molecule is CCOc1ccc(NC(=O)CCC(=O)NN=Cc2cccc(OC)c2)cc1. The molecule has 0 radical (unpaired) electrons. The number of hydrogen-bond donors (Lipinski definition) is 2. The van der Waals surface area contributed by atoms with Crippen molar-refractivity contribution in [2.75, 3.05) is 19.0 Å². The lowest BCUT2D eigenvalue weighted by Gasteiger charge is -2.07. The molecule has 2 amide bonds. The molecule has 7 heteroatoms. The Labute approximate surface area is 158 Å². The fourth-order valence-electron chi connectivity index (χ4n) is 2.21. The van der Waals surface area contributed by atoms with Crippen LogP contribution in [0.25, 0.3) is 0 Å². The number of methoxy groups -OCH3 is 1. The van der Waals surface area contributed by atoms with Gasteiger partial charge in [0.15, 0.2) is 0 Å². The summed E-state index contributed by atoms with van der Waals surface area (Å²) in [7, 11) is 1.58. The summed E-state index contributed by atoms with van der Waals surface area (Å²) in [4.78, 5) is 23.7. The van der Waals surface area contributed by atoms with Gasteiger partial charge in [-0.15, -0.1) is 0 Å². The maximum absolute atomic E-state index is 11.9. The van der Waals surface area contributed by atoms with Gasteiger partial charge in [-0.1, -0.05) is 12.1 Å². The normalized spacial score (nSPS) is 10.4. The van der Waals surface area contributed by atoms with Crippen molar-refractivity contribution < 1.29 is 19.1 Å². The van der Waals surface area contributed by atoms with E-state index in [0.29, 0.717) is 18.0 Å². The highest BCUT2D eigenvalue weighted by Gasteiger charge is 2.07. The van der Waals surface area contributed by atoms with E-state index in [2.05, 4.69) is 15.8 Å². The third-order valence-corrected chi connectivity index (χ3v) is 3.52. The molecule has 27 heavy (non-hydrogen) atoms. The molecule has 2 N–H and O–H groups in total. The fraction of sp³-hybridized carbons (Fsp3) is 0.250. The molecule has 0 aliphatic heterocycles. The van der Waals surface area contributed by atoms with E-state index < -0.39 is 0 Å². The summed E-state index contributed by atoms with van der Waals surface area (Å²) < 4.78 is 10.5. The molecule has 0 fully saturated rings. The molecule has 7 nitrogen and oxygen atoms in total. The van der Waals surface area contributed by atoms with Crippen LogP contribution in [0, 0.1) is 0 Å². The zero-order valence-electron chi connectivity index (χ0n) is 15.4. The molecule has 0 heterocycles. The van der Waals surface area contributed by atoms with Crippen molar-refractivity contribution in [1.82, 2.24) is 5.43 Å². The molecule has 0 aliphatic rings. The molecule has 2 rings (SSSR count). The second-order valence-electron chi connectivity index (χ2n) is 5.58. The molecule has 2 aromatic carbocycles. The molecule has 0 aliphatic carbocycles. The first-order valence-corrected chi connectivity index (χ1v) is 8.59. The van der Waals surface area contributed by atoms with Gasteiger partial charge in [0.1, 0.15) is 11.5 Å². The number of carbonyl (C=O) groups is 2. The molecule has 0 spiro atoms. The van der Waals surface area contributed by atoms with Crippen LogP contribution in [0.15, 0.2) is 53.6 Å². The third kappa shape index (κ3) is 7.19. The number of hydrazone groups is 1. The van der Waals surface area contributed by atoms with Crippen LogP contribution in [-0.4, -0.2) is 31.7 Å². The summed E-state index contributed by atoms with van der Waals surface area (Å²) in [6, 6.07) is 14.3. The van der Waals surface area contributed by atoms with Gasteiger partial charge in [-0.25, -0.2) is 5.43 Å². The topological polar surface area (TPSA) is 89.0 Å². The maximum atomic E-state index is 11.9. The average Bonchev–Trinajstić information content (AvgIpc) is 2.68. The monoisotopic (exact) mass is 369 g/mol. The molecule has 0 saturated carbocycles. The Kier molecular flexibility index (Phi) is 7.84. The first-order valence-electron chi connectivity index (χ1n) is 8.59. The van der Waals surface area contributed by atoms with Crippen molar-refractivity contribution in [2.45, 2.75) is 19.8 Å². The lowest BCUT2D eigenvalue weighted by molar-refractivity contribution is -0.124. The molecule has 142 valence electrons. The number of ether oxygens (including phenoxy) is 2. The summed E-state index contributed by atoms with van der Waals surface area (Å²) in [5, 5.41) is 6.61. The molecule has 0 unspecified atom stereocenters. The van der Waals surface area contributed by atoms with Crippen LogP contribution in [0.2, 0.25) is 0 Å². The van der Waals surface area contributed by atoms with Gasteiger partial charge in [-0.2, -0.15) is 5.10 Å². The molecule has 0 atom stereocenters. The summed E-state index contributed by atoms with van der Waals surface area (Å²) in [5.74, 6) is 0.863. The standard InChI is InChI=1S/C20H23N3O4/c1-3-27-17-9-7-16(8-10-17)22-19(24)11-12-20(25)23-21-14-15-5-4-6-18(13-15)26-2/h4-10,13-14H,3,11-12H2,1-2H3,(H,22,24)(H,23,25). The predicted molar refractivity (Wildman–Crippen MR) is 104 cm³/mol. The van der Waals surface area contributed by atoms with Gasteiger partial charge in [0.2, 0.25) is 11.8 Å². The molecular formula is C20H23N3O4. The van der Waals surface area contributed by atoms with E-state index in [1.807, 2.05) is 25.1 Å². The van der Waals surface area contributed by atoms with Crippen molar-refractivity contribution in [2.24, 2.45) is 5.10 Å². The highest BCUT2D eigenvalue weighted by Crippen LogP contribution is 2.16. The zero-order chi connectivity index (χ0) is 19.5. The number of amides is 2. The zero-order valence-corrected chi connectivity index (χ0v) is 15.4. The number of anilines is 1. The van der Waals surface area contributed by atoms with Gasteiger partial charge in [-0.05, 0) is 48.9 Å². The van der Waals surface area contributed by atoms with Gasteiger partial charge in [0.05, 0.1) is 19.9 Å². The Bertz CT molecular complexity index is 788. The Balaban J connectivity index is 1.72. The summed E-state index contributed by atoms with van der Waals surface area (Å²) in [5.41, 5.74) is 3.85. The average molecular weight is 369 g/mol. The second-order valence-corrected chi connectivity index (χ2v) is 5.58. The van der Waals surface area contributed by atoms with Gasteiger partial charge >= 0.3 is 0 Å². The maximum Gasteiger partial charge on any atom is 0.240 e. The van der Waals surface area contributed by atoms with Crippen LogP contribution in [0.1, 0.15) is 25.3 Å². The number of hydrogen-bond acceptors (Lipinski definition) is 5. The van der Waals surface area contributed by atoms with E-state index in [1.165, 1.54) is 6.21 Å². The van der Waals surface area contributed by atoms with Crippen LogP contribution >= 0.6 is 0 Å². The lowest BCUT2D eigenvalue weighted by Crippen LogP contribution is -2.20. The van der Waals surface area contributed by atoms with E-state index in [0.717, 1.165) is 11.3 Å². The Morgan fingerprint density at radius 3 is 2.48 bits per heavy atom. The largest absolute Gasteiger partial charge is 0.497 e. The quantitative estimate of drug-likeness (QED) is 0.525. The van der Waals surface area contributed by atoms with E-state index in [1.54, 1.807) is 37.4 Å². The minimum Gasteiger partial charge on any atom is -0.497 e. The molecule has 0 aromatic heterocycles. The number of nitrogens with one attached hydrogen (secondary N) is 2. The van der Waals surface area contributed by atoms with Gasteiger partial charge < -0.3 is 14.8 Å². The predicted octanol–water partition coefficient (Wildman–Crippen LogP) is 2.96. The molecular weight excluding hydrogens is 346 g/mol. The number of carbonyl (C=O) groups excluding carboxylic acids is 2. The van der Waals surface area contributed by atoms with Gasteiger partial charge in [0.25, 0.3) is 0 Å². The van der Waals surface area contributed by atoms with Crippen molar-refractivity contribution in [3.05, 3.63) is 54.1 Å². The van der Waals surface area contributed by atoms with Crippen LogP contribution in [0.5, 0.6) is 11.5 Å². The summed E-state index contributed by atoms with van der Waals surface area (Å²) >= 11 is 0. The van der Waals surface area contributed by atoms with E-state index in [9.17, 15) is 9.59 Å². The number of nitrogens with zero attached hydrogens (tertiary/aromatic N) is 1. The van der Waals surface area contributed by atoms with E-state index in [4.69, 9.17) is 9.47 Å². The van der Waals surface area contributed by atoms with Gasteiger partial charge in [-0.3, -0.25) is 9.59 Å². The minimum atomic E-state index is -0.337. The highest BCUT2D eigenvalue weighted by molar-refractivity contribution is 5.93. The van der Waals surface area contributed by atoms with Crippen LogP contribution in [0.4, 0.5) is 5.69 Å². The third-order valence-electron chi connectivity index (χ3n) is 3.52. The van der Waals surface area contributed by atoms with Crippen molar-refractivity contribution in [1.29, 1.82) is 0 Å². The summed E-state index contributed by atoms with van der Waals surface area (Å²) in [6.45, 7) is 2.49. The fourth-order valence-corrected chi connectivity index (χ4v) is 2.21. The minimum absolute atomic E-state index is 0.0400. The van der Waals surface area contributed by atoms with Crippen LogP contribution in [0.3, 0.4) is 0 Å². The Hall–Kier alpha value is -3.35. The molecule has 0 bridgehead atoms. The lowest BCUT2D eigenvalue weighted by atomic mass is 10.2. The Morgan fingerprint density at radius 1 is 1.04 bits per heavy atom. The first kappa shape index (κ1) is 20.0. The van der Waals surface area contributed by atoms with Crippen LogP contribution in [-0.2, 0) is 9.59 Å². The molecule has 0 saturated heterocycles. The first-order chi connectivity index (χ1) is 13.1. The van der Waals surface area contributed by atoms with Crippen molar-refractivity contribution in [3.63, 3.8) is 0 Å². The van der Waals surface area contributed by atoms with E-state index >= 15 is 0 Å². The van der Waals surface area contributed by atoms with Gasteiger partial charge in [0, 0.05) is 18.5 Å². The molecule has 2 aromatic rings. The second kappa shape index (κ2) is 10.6. The number of rotatable bonds is 9. The van der Waals surface area contributed by atoms with Crippen molar-refractivity contribution in [3.8, 4) is 11.5 Å². The Morgan fingerprint density at radius 2 is 1.78 bits per heavy atom. The smallest absolute Gasteiger partial charge is 0.240 e. The van der Waals surface area contributed by atoms with Crippen LogP contribution < -0.4 is 20.2 Å². The highest BCUT2D eigenvalue weighted by atomic mass is 16.5. The van der Waals surface area contributed by atoms with Crippen molar-refractivity contribution >= 4 is 23.7 Å².